The molecule has 1 amide bonds. The highest BCUT2D eigenvalue weighted by molar-refractivity contribution is 7.98. The summed E-state index contributed by atoms with van der Waals surface area (Å²) in [5, 5.41) is 3.00. The van der Waals surface area contributed by atoms with Crippen molar-refractivity contribution >= 4 is 23.4 Å². The van der Waals surface area contributed by atoms with E-state index < -0.39 is 6.10 Å². The molecule has 3 aromatic carbocycles. The van der Waals surface area contributed by atoms with Crippen molar-refractivity contribution in [3.05, 3.63) is 89.5 Å². The zero-order valence-electron chi connectivity index (χ0n) is 18.9. The maximum absolute atomic E-state index is 12.7. The van der Waals surface area contributed by atoms with E-state index in [0.29, 0.717) is 5.75 Å². The smallest absolute Gasteiger partial charge is 0.265 e. The molecule has 0 heterocycles. The molecule has 3 aromatic rings. The first-order chi connectivity index (χ1) is 14.7. The van der Waals surface area contributed by atoms with Crippen molar-refractivity contribution in [1.82, 2.24) is 0 Å². The molecule has 0 aliphatic heterocycles. The molecule has 0 aromatic heterocycles. The van der Waals surface area contributed by atoms with E-state index in [9.17, 15) is 4.79 Å². The summed E-state index contributed by atoms with van der Waals surface area (Å²) in [5.41, 5.74) is 4.41. The summed E-state index contributed by atoms with van der Waals surface area (Å²) in [6, 6.07) is 24.5. The number of ether oxygens (including phenoxy) is 1. The van der Waals surface area contributed by atoms with E-state index in [2.05, 4.69) is 62.5 Å². The molecule has 0 saturated heterocycles. The molecular formula is C27H31NO2S. The second-order valence-corrected chi connectivity index (χ2v) is 9.82. The van der Waals surface area contributed by atoms with Crippen LogP contribution in [0.2, 0.25) is 0 Å². The molecule has 162 valence electrons. The number of aryl methyl sites for hydroxylation is 1. The van der Waals surface area contributed by atoms with Gasteiger partial charge in [-0.1, -0.05) is 63.2 Å². The summed E-state index contributed by atoms with van der Waals surface area (Å²) in [6.45, 7) is 10.3. The van der Waals surface area contributed by atoms with Gasteiger partial charge in [0.25, 0.3) is 5.91 Å². The van der Waals surface area contributed by atoms with Gasteiger partial charge in [0.15, 0.2) is 6.10 Å². The van der Waals surface area contributed by atoms with Gasteiger partial charge >= 0.3 is 0 Å². The van der Waals surface area contributed by atoms with E-state index in [1.165, 1.54) is 16.0 Å². The molecule has 0 bridgehead atoms. The van der Waals surface area contributed by atoms with Crippen LogP contribution in [0.4, 0.5) is 5.69 Å². The van der Waals surface area contributed by atoms with Crippen LogP contribution in [0.3, 0.4) is 0 Å². The van der Waals surface area contributed by atoms with E-state index in [-0.39, 0.29) is 11.3 Å². The SMILES string of the molecule is Cc1cc(CSc2ccccc2)ccc1NC(=O)[C@@H](C)Oc1ccc(C(C)(C)C)cc1. The van der Waals surface area contributed by atoms with Gasteiger partial charge in [-0.3, -0.25) is 4.79 Å². The van der Waals surface area contributed by atoms with Gasteiger partial charge in [0.05, 0.1) is 0 Å². The third-order valence-electron chi connectivity index (χ3n) is 5.10. The summed E-state index contributed by atoms with van der Waals surface area (Å²) in [4.78, 5) is 13.9. The van der Waals surface area contributed by atoms with Gasteiger partial charge in [0.1, 0.15) is 5.75 Å². The maximum atomic E-state index is 12.7. The van der Waals surface area contributed by atoms with Crippen LogP contribution in [0.25, 0.3) is 0 Å². The maximum Gasteiger partial charge on any atom is 0.265 e. The van der Waals surface area contributed by atoms with Crippen molar-refractivity contribution < 1.29 is 9.53 Å². The second kappa shape index (κ2) is 10.1. The molecule has 0 spiro atoms. The fourth-order valence-electron chi connectivity index (χ4n) is 3.16. The highest BCUT2D eigenvalue weighted by Gasteiger charge is 2.17. The average molecular weight is 434 g/mol. The highest BCUT2D eigenvalue weighted by atomic mass is 32.2. The summed E-state index contributed by atoms with van der Waals surface area (Å²) >= 11 is 1.80. The lowest BCUT2D eigenvalue weighted by atomic mass is 9.87. The number of benzene rings is 3. The molecule has 0 aliphatic rings. The van der Waals surface area contributed by atoms with Crippen molar-refractivity contribution in [1.29, 1.82) is 0 Å². The molecule has 1 N–H and O–H groups in total. The summed E-state index contributed by atoms with van der Waals surface area (Å²) < 4.78 is 5.85. The Bertz CT molecular complexity index is 1010. The van der Waals surface area contributed by atoms with Crippen LogP contribution in [-0.2, 0) is 16.0 Å². The zero-order chi connectivity index (χ0) is 22.4. The Kier molecular flexibility index (Phi) is 7.45. The number of thioether (sulfide) groups is 1. The standard InChI is InChI=1S/C27H31NO2S/c1-19-17-21(18-31-24-9-7-6-8-10-24)11-16-25(19)28-26(29)20(2)30-23-14-12-22(13-15-23)27(3,4)5/h6-17,20H,18H2,1-5H3,(H,28,29)/t20-/m1/s1. The summed E-state index contributed by atoms with van der Waals surface area (Å²) in [6.07, 6.45) is -0.590. The molecule has 0 fully saturated rings. The second-order valence-electron chi connectivity index (χ2n) is 8.77. The molecular weight excluding hydrogens is 402 g/mol. The van der Waals surface area contributed by atoms with E-state index >= 15 is 0 Å². The zero-order valence-corrected chi connectivity index (χ0v) is 19.8. The summed E-state index contributed by atoms with van der Waals surface area (Å²) in [7, 11) is 0. The monoisotopic (exact) mass is 433 g/mol. The van der Waals surface area contributed by atoms with Gasteiger partial charge in [-0.05, 0) is 66.3 Å². The summed E-state index contributed by atoms with van der Waals surface area (Å²) in [5.74, 6) is 1.43. The Balaban J connectivity index is 1.56. The number of hydrogen-bond donors (Lipinski definition) is 1. The van der Waals surface area contributed by atoms with Crippen molar-refractivity contribution in [2.45, 2.75) is 56.8 Å². The number of amides is 1. The molecule has 0 radical (unpaired) electrons. The van der Waals surface area contributed by atoms with Crippen LogP contribution in [0.1, 0.15) is 44.4 Å². The first-order valence-corrected chi connectivity index (χ1v) is 11.6. The lowest BCUT2D eigenvalue weighted by Crippen LogP contribution is -2.30. The van der Waals surface area contributed by atoms with Crippen LogP contribution in [0.5, 0.6) is 5.75 Å². The third-order valence-corrected chi connectivity index (χ3v) is 6.18. The number of hydrogen-bond acceptors (Lipinski definition) is 3. The molecule has 0 saturated carbocycles. The van der Waals surface area contributed by atoms with Gasteiger partial charge in [-0.2, -0.15) is 0 Å². The number of rotatable bonds is 7. The Labute approximate surface area is 190 Å². The Morgan fingerprint density at radius 3 is 2.29 bits per heavy atom. The van der Waals surface area contributed by atoms with E-state index in [0.717, 1.165) is 17.0 Å². The van der Waals surface area contributed by atoms with E-state index in [1.54, 1.807) is 18.7 Å². The third kappa shape index (κ3) is 6.63. The fraction of sp³-hybridized carbons (Fsp3) is 0.296. The van der Waals surface area contributed by atoms with E-state index in [1.807, 2.05) is 43.3 Å². The normalized spacial score (nSPS) is 12.3. The van der Waals surface area contributed by atoms with E-state index in [4.69, 9.17) is 4.74 Å². The number of carbonyl (C=O) groups is 1. The topological polar surface area (TPSA) is 38.3 Å². The predicted octanol–water partition coefficient (Wildman–Crippen LogP) is 6.99. The van der Waals surface area contributed by atoms with Gasteiger partial charge in [0, 0.05) is 16.3 Å². The van der Waals surface area contributed by atoms with Crippen LogP contribution in [-0.4, -0.2) is 12.0 Å². The molecule has 0 aliphatic carbocycles. The van der Waals surface area contributed by atoms with Gasteiger partial charge in [-0.25, -0.2) is 0 Å². The number of carbonyl (C=O) groups excluding carboxylic acids is 1. The first-order valence-electron chi connectivity index (χ1n) is 10.6. The first kappa shape index (κ1) is 23.0. The Morgan fingerprint density at radius 2 is 1.68 bits per heavy atom. The van der Waals surface area contributed by atoms with Crippen LogP contribution in [0, 0.1) is 6.92 Å². The quantitative estimate of drug-likeness (QED) is 0.408. The number of anilines is 1. The van der Waals surface area contributed by atoms with Crippen molar-refractivity contribution in [2.75, 3.05) is 5.32 Å². The van der Waals surface area contributed by atoms with Crippen LogP contribution in [0.15, 0.2) is 77.7 Å². The van der Waals surface area contributed by atoms with Gasteiger partial charge in [-0.15, -0.1) is 11.8 Å². The molecule has 3 nitrogen and oxygen atoms in total. The lowest BCUT2D eigenvalue weighted by molar-refractivity contribution is -0.122. The van der Waals surface area contributed by atoms with Crippen molar-refractivity contribution in [3.63, 3.8) is 0 Å². The molecule has 0 unspecified atom stereocenters. The molecule has 1 atom stereocenters. The Hall–Kier alpha value is -2.72. The van der Waals surface area contributed by atoms with Crippen LogP contribution >= 0.6 is 11.8 Å². The number of nitrogens with one attached hydrogen (secondary N) is 1. The minimum atomic E-state index is -0.590. The fourth-order valence-corrected chi connectivity index (χ4v) is 4.03. The predicted molar refractivity (Wildman–Crippen MR) is 131 cm³/mol. The molecule has 3 rings (SSSR count). The minimum Gasteiger partial charge on any atom is -0.481 e. The largest absolute Gasteiger partial charge is 0.481 e. The van der Waals surface area contributed by atoms with Crippen LogP contribution < -0.4 is 10.1 Å². The van der Waals surface area contributed by atoms with Crippen molar-refractivity contribution in [3.8, 4) is 5.75 Å². The molecule has 31 heavy (non-hydrogen) atoms. The van der Waals surface area contributed by atoms with Crippen molar-refractivity contribution in [2.24, 2.45) is 0 Å². The Morgan fingerprint density at radius 1 is 1.00 bits per heavy atom. The minimum absolute atomic E-state index is 0.0881. The lowest BCUT2D eigenvalue weighted by Gasteiger charge is -2.20. The highest BCUT2D eigenvalue weighted by Crippen LogP contribution is 2.26. The van der Waals surface area contributed by atoms with Gasteiger partial charge in [0.2, 0.25) is 0 Å². The average Bonchev–Trinajstić information content (AvgIpc) is 2.74. The molecule has 4 heteroatoms. The van der Waals surface area contributed by atoms with Gasteiger partial charge < -0.3 is 10.1 Å².